The molecule has 0 bridgehead atoms. The van der Waals surface area contributed by atoms with Crippen LogP contribution in [0.4, 0.5) is 5.69 Å². The van der Waals surface area contributed by atoms with Gasteiger partial charge < -0.3 is 14.5 Å². The monoisotopic (exact) mass is 373 g/mol. The van der Waals surface area contributed by atoms with Crippen molar-refractivity contribution < 1.29 is 9.15 Å². The first kappa shape index (κ1) is 15.6. The van der Waals surface area contributed by atoms with Crippen molar-refractivity contribution in [3.8, 4) is 5.75 Å². The highest BCUT2D eigenvalue weighted by atomic mass is 79.9. The Bertz CT molecular complexity index is 775. The van der Waals surface area contributed by atoms with E-state index in [9.17, 15) is 0 Å². The molecule has 1 heterocycles. The molecule has 1 N–H and O–H groups in total. The summed E-state index contributed by atoms with van der Waals surface area (Å²) < 4.78 is 12.2. The molecule has 2 aromatic carbocycles. The molecule has 3 aromatic rings. The van der Waals surface area contributed by atoms with E-state index in [0.29, 0.717) is 18.3 Å². The normalized spacial score (nSPS) is 10.5. The number of aryl methyl sites for hydroxylation is 1. The van der Waals surface area contributed by atoms with Gasteiger partial charge in [-0.3, -0.25) is 0 Å². The Morgan fingerprint density at radius 1 is 1.09 bits per heavy atom. The highest BCUT2D eigenvalue weighted by molar-refractivity contribution is 9.10. The van der Waals surface area contributed by atoms with Gasteiger partial charge >= 0.3 is 0 Å². The average Bonchev–Trinajstić information content (AvgIpc) is 3.03. The third-order valence-electron chi connectivity index (χ3n) is 3.23. The molecule has 0 unspecified atom stereocenters. The predicted octanol–water partition coefficient (Wildman–Crippen LogP) is 4.33. The lowest BCUT2D eigenvalue weighted by molar-refractivity contribution is 0.259. The molecular weight excluding hydrogens is 358 g/mol. The van der Waals surface area contributed by atoms with Crippen LogP contribution in [0.25, 0.3) is 0 Å². The van der Waals surface area contributed by atoms with Gasteiger partial charge in [0.15, 0.2) is 6.61 Å². The second-order valence-corrected chi connectivity index (χ2v) is 5.86. The molecule has 6 heteroatoms. The third kappa shape index (κ3) is 4.32. The third-order valence-corrected chi connectivity index (χ3v) is 4.08. The Morgan fingerprint density at radius 2 is 1.87 bits per heavy atom. The van der Waals surface area contributed by atoms with Gasteiger partial charge in [-0.1, -0.05) is 40.2 Å². The standard InChI is InChI=1S/C17H16BrN3O2/c1-12-7-8-13(9-15(12)18)19-10-16-20-21-17(23-16)11-22-14-5-3-2-4-6-14/h2-9,19H,10-11H2,1H3. The van der Waals surface area contributed by atoms with Crippen molar-refractivity contribution in [1.82, 2.24) is 10.2 Å². The van der Waals surface area contributed by atoms with Crippen LogP contribution in [0.5, 0.6) is 5.75 Å². The zero-order valence-corrected chi connectivity index (χ0v) is 14.2. The maximum atomic E-state index is 5.57. The van der Waals surface area contributed by atoms with Crippen molar-refractivity contribution in [1.29, 1.82) is 0 Å². The number of para-hydroxylation sites is 1. The van der Waals surface area contributed by atoms with E-state index in [1.54, 1.807) is 0 Å². The van der Waals surface area contributed by atoms with Gasteiger partial charge in [0.1, 0.15) is 5.75 Å². The van der Waals surface area contributed by atoms with E-state index < -0.39 is 0 Å². The fraction of sp³-hybridized carbons (Fsp3) is 0.176. The van der Waals surface area contributed by atoms with Crippen molar-refractivity contribution in [2.75, 3.05) is 5.32 Å². The number of nitrogens with one attached hydrogen (secondary N) is 1. The van der Waals surface area contributed by atoms with Crippen LogP contribution >= 0.6 is 15.9 Å². The second-order valence-electron chi connectivity index (χ2n) is 5.01. The van der Waals surface area contributed by atoms with Gasteiger partial charge in [0.2, 0.25) is 5.89 Å². The first-order valence-electron chi connectivity index (χ1n) is 7.20. The van der Waals surface area contributed by atoms with Gasteiger partial charge in [-0.2, -0.15) is 0 Å². The molecule has 5 nitrogen and oxygen atoms in total. The minimum Gasteiger partial charge on any atom is -0.484 e. The quantitative estimate of drug-likeness (QED) is 0.696. The summed E-state index contributed by atoms with van der Waals surface area (Å²) in [4.78, 5) is 0. The minimum absolute atomic E-state index is 0.257. The molecular formula is C17H16BrN3O2. The van der Waals surface area contributed by atoms with Crippen LogP contribution in [0.15, 0.2) is 57.4 Å². The molecule has 0 atom stereocenters. The van der Waals surface area contributed by atoms with E-state index in [-0.39, 0.29) is 6.61 Å². The largest absolute Gasteiger partial charge is 0.484 e. The summed E-state index contributed by atoms with van der Waals surface area (Å²) in [7, 11) is 0. The van der Waals surface area contributed by atoms with Gasteiger partial charge in [0, 0.05) is 10.2 Å². The topological polar surface area (TPSA) is 60.2 Å². The van der Waals surface area contributed by atoms with Crippen LogP contribution in [-0.4, -0.2) is 10.2 Å². The molecule has 0 amide bonds. The maximum absolute atomic E-state index is 5.57. The molecule has 118 valence electrons. The van der Waals surface area contributed by atoms with Crippen LogP contribution in [0.2, 0.25) is 0 Å². The Labute approximate surface area is 142 Å². The SMILES string of the molecule is Cc1ccc(NCc2nnc(COc3ccccc3)o2)cc1Br. The van der Waals surface area contributed by atoms with Crippen molar-refractivity contribution in [2.45, 2.75) is 20.1 Å². The van der Waals surface area contributed by atoms with Crippen molar-refractivity contribution in [3.05, 3.63) is 70.3 Å². The smallest absolute Gasteiger partial charge is 0.253 e. The summed E-state index contributed by atoms with van der Waals surface area (Å²) in [6, 6.07) is 15.6. The number of aromatic nitrogens is 2. The lowest BCUT2D eigenvalue weighted by atomic mass is 10.2. The van der Waals surface area contributed by atoms with Crippen LogP contribution in [0.1, 0.15) is 17.3 Å². The molecule has 23 heavy (non-hydrogen) atoms. The number of ether oxygens (including phenoxy) is 1. The maximum Gasteiger partial charge on any atom is 0.253 e. The second kappa shape index (κ2) is 7.28. The predicted molar refractivity (Wildman–Crippen MR) is 91.3 cm³/mol. The van der Waals surface area contributed by atoms with Crippen LogP contribution in [-0.2, 0) is 13.2 Å². The molecule has 0 aliphatic heterocycles. The molecule has 0 saturated heterocycles. The zero-order chi connectivity index (χ0) is 16.1. The van der Waals surface area contributed by atoms with Crippen molar-refractivity contribution >= 4 is 21.6 Å². The fourth-order valence-corrected chi connectivity index (χ4v) is 2.34. The van der Waals surface area contributed by atoms with Gasteiger partial charge in [0.05, 0.1) is 6.54 Å². The molecule has 0 aliphatic rings. The van der Waals surface area contributed by atoms with Crippen LogP contribution in [0, 0.1) is 6.92 Å². The number of anilines is 1. The Balaban J connectivity index is 1.53. The summed E-state index contributed by atoms with van der Waals surface area (Å²) >= 11 is 3.51. The van der Waals surface area contributed by atoms with E-state index in [1.165, 1.54) is 5.56 Å². The van der Waals surface area contributed by atoms with Gasteiger partial charge in [0.25, 0.3) is 5.89 Å². The van der Waals surface area contributed by atoms with E-state index in [2.05, 4.69) is 31.4 Å². The highest BCUT2D eigenvalue weighted by Gasteiger charge is 2.07. The van der Waals surface area contributed by atoms with E-state index in [4.69, 9.17) is 9.15 Å². The molecule has 0 aliphatic carbocycles. The number of hydrogen-bond acceptors (Lipinski definition) is 5. The summed E-state index contributed by atoms with van der Waals surface area (Å²) in [5.41, 5.74) is 2.18. The number of rotatable bonds is 6. The van der Waals surface area contributed by atoms with Crippen LogP contribution < -0.4 is 10.1 Å². The Kier molecular flexibility index (Phi) is 4.92. The Hall–Kier alpha value is -2.34. The number of nitrogens with zero attached hydrogens (tertiary/aromatic N) is 2. The fourth-order valence-electron chi connectivity index (χ4n) is 1.96. The highest BCUT2D eigenvalue weighted by Crippen LogP contribution is 2.21. The lowest BCUT2D eigenvalue weighted by Crippen LogP contribution is -1.99. The van der Waals surface area contributed by atoms with E-state index >= 15 is 0 Å². The van der Waals surface area contributed by atoms with E-state index in [1.807, 2.05) is 55.5 Å². The van der Waals surface area contributed by atoms with E-state index in [0.717, 1.165) is 15.9 Å². The summed E-state index contributed by atoms with van der Waals surface area (Å²) in [6.45, 7) is 2.77. The van der Waals surface area contributed by atoms with Gasteiger partial charge in [-0.25, -0.2) is 0 Å². The van der Waals surface area contributed by atoms with Gasteiger partial charge in [-0.15, -0.1) is 10.2 Å². The first-order chi connectivity index (χ1) is 11.2. The minimum atomic E-state index is 0.257. The average molecular weight is 374 g/mol. The summed E-state index contributed by atoms with van der Waals surface area (Å²) in [5, 5.41) is 11.2. The zero-order valence-electron chi connectivity index (χ0n) is 12.6. The van der Waals surface area contributed by atoms with Crippen molar-refractivity contribution in [2.24, 2.45) is 0 Å². The first-order valence-corrected chi connectivity index (χ1v) is 7.99. The molecule has 0 spiro atoms. The molecule has 0 saturated carbocycles. The van der Waals surface area contributed by atoms with Crippen molar-refractivity contribution in [3.63, 3.8) is 0 Å². The molecule has 0 fully saturated rings. The Morgan fingerprint density at radius 3 is 2.65 bits per heavy atom. The summed E-state index contributed by atoms with van der Waals surface area (Å²) in [5.74, 6) is 1.75. The molecule has 3 rings (SSSR count). The summed E-state index contributed by atoms with van der Waals surface area (Å²) in [6.07, 6.45) is 0. The molecule has 0 radical (unpaired) electrons. The number of hydrogen-bond donors (Lipinski definition) is 1. The number of benzene rings is 2. The number of halogens is 1. The molecule has 1 aromatic heterocycles. The lowest BCUT2D eigenvalue weighted by Gasteiger charge is -2.05. The van der Waals surface area contributed by atoms with Crippen LogP contribution in [0.3, 0.4) is 0 Å². The van der Waals surface area contributed by atoms with Gasteiger partial charge in [-0.05, 0) is 36.8 Å².